The number of aromatic nitrogens is 1. The summed E-state index contributed by atoms with van der Waals surface area (Å²) in [5, 5.41) is 5.21. The molecular formula is C23H24N4O3S. The van der Waals surface area contributed by atoms with Crippen LogP contribution in [0.2, 0.25) is 0 Å². The van der Waals surface area contributed by atoms with Crippen molar-refractivity contribution < 1.29 is 12.8 Å². The van der Waals surface area contributed by atoms with Crippen LogP contribution in [-0.2, 0) is 10.0 Å². The number of primary sulfonamides is 1. The Bertz CT molecular complexity index is 1280. The van der Waals surface area contributed by atoms with Gasteiger partial charge < -0.3 is 9.32 Å². The van der Waals surface area contributed by atoms with Gasteiger partial charge in [-0.05, 0) is 50.0 Å². The minimum absolute atomic E-state index is 0.0700. The van der Waals surface area contributed by atoms with Crippen molar-refractivity contribution in [1.29, 1.82) is 0 Å². The molecule has 31 heavy (non-hydrogen) atoms. The summed E-state index contributed by atoms with van der Waals surface area (Å²) >= 11 is 0. The number of para-hydroxylation sites is 2. The van der Waals surface area contributed by atoms with Crippen molar-refractivity contribution in [2.24, 2.45) is 5.14 Å². The number of oxazole rings is 1. The van der Waals surface area contributed by atoms with Crippen LogP contribution < -0.4 is 10.0 Å². The number of anilines is 2. The maximum absolute atomic E-state index is 11.6. The van der Waals surface area contributed by atoms with E-state index in [2.05, 4.69) is 4.90 Å². The summed E-state index contributed by atoms with van der Waals surface area (Å²) < 4.78 is 29.4. The van der Waals surface area contributed by atoms with Crippen LogP contribution >= 0.6 is 0 Å². The minimum atomic E-state index is -3.74. The number of fused-ring (bicyclic) bond motifs is 1. The number of nitrogens with two attached hydrogens (primary N) is 1. The number of likely N-dealkylation sites (N-methyl/N-ethyl adjacent to an activating group) is 1. The van der Waals surface area contributed by atoms with Gasteiger partial charge in [0.25, 0.3) is 0 Å². The molecule has 8 heteroatoms. The van der Waals surface area contributed by atoms with E-state index in [9.17, 15) is 8.42 Å². The SMILES string of the molecule is CN(C)CCN(c1ccccc1)c1nc2cccc(-c3ccc(S(N)(=O)=O)cc3)c2o1. The summed E-state index contributed by atoms with van der Waals surface area (Å²) in [6.07, 6.45) is 0. The Hall–Kier alpha value is -3.20. The van der Waals surface area contributed by atoms with Gasteiger partial charge in [-0.15, -0.1) is 0 Å². The van der Waals surface area contributed by atoms with Gasteiger partial charge in [0, 0.05) is 24.3 Å². The fraction of sp³-hybridized carbons (Fsp3) is 0.174. The van der Waals surface area contributed by atoms with Crippen LogP contribution in [0, 0.1) is 0 Å². The average molecular weight is 437 g/mol. The van der Waals surface area contributed by atoms with Crippen molar-refractivity contribution in [3.63, 3.8) is 0 Å². The van der Waals surface area contributed by atoms with Crippen LogP contribution in [0.15, 0.2) is 82.1 Å². The van der Waals surface area contributed by atoms with Gasteiger partial charge in [0.1, 0.15) is 5.52 Å². The highest BCUT2D eigenvalue weighted by molar-refractivity contribution is 7.89. The Morgan fingerprint density at radius 2 is 1.61 bits per heavy atom. The van der Waals surface area contributed by atoms with Crippen molar-refractivity contribution in [2.75, 3.05) is 32.1 Å². The zero-order chi connectivity index (χ0) is 22.0. The molecule has 0 aliphatic carbocycles. The lowest BCUT2D eigenvalue weighted by Gasteiger charge is -2.22. The Morgan fingerprint density at radius 3 is 2.26 bits per heavy atom. The molecule has 0 radical (unpaired) electrons. The molecule has 1 aromatic heterocycles. The summed E-state index contributed by atoms with van der Waals surface area (Å²) in [5.41, 5.74) is 4.02. The van der Waals surface area contributed by atoms with Crippen LogP contribution in [0.5, 0.6) is 0 Å². The summed E-state index contributed by atoms with van der Waals surface area (Å²) in [6, 6.07) is 22.7. The van der Waals surface area contributed by atoms with Crippen LogP contribution in [0.1, 0.15) is 0 Å². The molecule has 0 spiro atoms. The third-order valence-electron chi connectivity index (χ3n) is 4.97. The molecule has 4 aromatic rings. The molecule has 3 aromatic carbocycles. The first kappa shape index (κ1) is 21.0. The lowest BCUT2D eigenvalue weighted by molar-refractivity contribution is 0.414. The quantitative estimate of drug-likeness (QED) is 0.473. The third-order valence-corrected chi connectivity index (χ3v) is 5.90. The van der Waals surface area contributed by atoms with E-state index in [0.717, 1.165) is 28.9 Å². The molecule has 160 valence electrons. The van der Waals surface area contributed by atoms with Gasteiger partial charge in [0.15, 0.2) is 5.58 Å². The van der Waals surface area contributed by atoms with E-state index >= 15 is 0 Å². The van der Waals surface area contributed by atoms with Crippen LogP contribution in [-0.4, -0.2) is 45.5 Å². The van der Waals surface area contributed by atoms with Crippen molar-refractivity contribution in [3.8, 4) is 11.1 Å². The van der Waals surface area contributed by atoms with Crippen molar-refractivity contribution >= 4 is 32.8 Å². The second-order valence-electron chi connectivity index (χ2n) is 7.51. The molecule has 2 N–H and O–H groups in total. The molecule has 0 aliphatic rings. The van der Waals surface area contributed by atoms with E-state index < -0.39 is 10.0 Å². The fourth-order valence-electron chi connectivity index (χ4n) is 3.35. The molecule has 7 nitrogen and oxygen atoms in total. The van der Waals surface area contributed by atoms with Crippen molar-refractivity contribution in [1.82, 2.24) is 9.88 Å². The van der Waals surface area contributed by atoms with Gasteiger partial charge in [-0.3, -0.25) is 4.90 Å². The number of nitrogens with zero attached hydrogens (tertiary/aromatic N) is 3. The second kappa shape index (κ2) is 8.50. The topological polar surface area (TPSA) is 92.7 Å². The van der Waals surface area contributed by atoms with Crippen molar-refractivity contribution in [3.05, 3.63) is 72.8 Å². The fourth-order valence-corrected chi connectivity index (χ4v) is 3.86. The lowest BCUT2D eigenvalue weighted by Crippen LogP contribution is -2.28. The van der Waals surface area contributed by atoms with E-state index in [4.69, 9.17) is 14.5 Å². The minimum Gasteiger partial charge on any atom is -0.422 e. The molecule has 0 unspecified atom stereocenters. The second-order valence-corrected chi connectivity index (χ2v) is 9.07. The molecule has 0 atom stereocenters. The van der Waals surface area contributed by atoms with Gasteiger partial charge in [-0.25, -0.2) is 13.6 Å². The summed E-state index contributed by atoms with van der Waals surface area (Å²) in [6.45, 7) is 1.54. The van der Waals surface area contributed by atoms with Crippen LogP contribution in [0.3, 0.4) is 0 Å². The van der Waals surface area contributed by atoms with E-state index in [0.29, 0.717) is 18.1 Å². The lowest BCUT2D eigenvalue weighted by atomic mass is 10.1. The first-order valence-corrected chi connectivity index (χ1v) is 11.4. The Kier molecular flexibility index (Phi) is 5.77. The molecule has 0 fully saturated rings. The molecule has 0 aliphatic heterocycles. The Morgan fingerprint density at radius 1 is 0.903 bits per heavy atom. The van der Waals surface area contributed by atoms with Gasteiger partial charge in [0.05, 0.1) is 4.90 Å². The average Bonchev–Trinajstić information content (AvgIpc) is 3.18. The number of sulfonamides is 1. The molecule has 0 saturated heterocycles. The standard InChI is InChI=1S/C23H24N4O3S/c1-26(2)15-16-27(18-7-4-3-5-8-18)23-25-21-10-6-9-20(22(21)30-23)17-11-13-19(14-12-17)31(24,28)29/h3-14H,15-16H2,1-2H3,(H2,24,28,29). The molecule has 0 bridgehead atoms. The van der Waals surface area contributed by atoms with E-state index in [-0.39, 0.29) is 4.90 Å². The summed E-state index contributed by atoms with van der Waals surface area (Å²) in [5.74, 6) is 0. The first-order chi connectivity index (χ1) is 14.8. The predicted octanol–water partition coefficient (Wildman–Crippen LogP) is 3.84. The zero-order valence-electron chi connectivity index (χ0n) is 17.4. The molecule has 1 heterocycles. The number of rotatable bonds is 7. The van der Waals surface area contributed by atoms with Gasteiger partial charge in [0.2, 0.25) is 10.0 Å². The highest BCUT2D eigenvalue weighted by atomic mass is 32.2. The first-order valence-electron chi connectivity index (χ1n) is 9.83. The molecule has 0 saturated carbocycles. The van der Waals surface area contributed by atoms with E-state index in [1.54, 1.807) is 12.1 Å². The third kappa shape index (κ3) is 4.61. The number of hydrogen-bond donors (Lipinski definition) is 1. The van der Waals surface area contributed by atoms with E-state index in [1.807, 2.05) is 67.5 Å². The highest BCUT2D eigenvalue weighted by Gasteiger charge is 2.19. The smallest absolute Gasteiger partial charge is 0.303 e. The van der Waals surface area contributed by atoms with Crippen LogP contribution in [0.4, 0.5) is 11.7 Å². The number of hydrogen-bond acceptors (Lipinski definition) is 6. The largest absolute Gasteiger partial charge is 0.422 e. The van der Waals surface area contributed by atoms with Gasteiger partial charge >= 0.3 is 6.01 Å². The monoisotopic (exact) mass is 436 g/mol. The van der Waals surface area contributed by atoms with Gasteiger partial charge in [-0.2, -0.15) is 4.98 Å². The maximum atomic E-state index is 11.6. The van der Waals surface area contributed by atoms with E-state index in [1.165, 1.54) is 12.1 Å². The molecular weight excluding hydrogens is 412 g/mol. The van der Waals surface area contributed by atoms with Crippen LogP contribution in [0.25, 0.3) is 22.2 Å². The molecule has 4 rings (SSSR count). The predicted molar refractivity (Wildman–Crippen MR) is 123 cm³/mol. The maximum Gasteiger partial charge on any atom is 0.303 e. The summed E-state index contributed by atoms with van der Waals surface area (Å²) in [4.78, 5) is 8.96. The van der Waals surface area contributed by atoms with Crippen molar-refractivity contribution in [2.45, 2.75) is 4.90 Å². The Balaban J connectivity index is 1.77. The number of benzene rings is 3. The van der Waals surface area contributed by atoms with Gasteiger partial charge in [-0.1, -0.05) is 42.5 Å². The zero-order valence-corrected chi connectivity index (χ0v) is 18.2. The molecule has 0 amide bonds. The highest BCUT2D eigenvalue weighted by Crippen LogP contribution is 2.34. The summed E-state index contributed by atoms with van der Waals surface area (Å²) in [7, 11) is 0.311. The Labute approximate surface area is 181 Å². The normalized spacial score (nSPS) is 11.9.